The summed E-state index contributed by atoms with van der Waals surface area (Å²) in [7, 11) is 0. The molecule has 1 aliphatic carbocycles. The first-order chi connectivity index (χ1) is 6.14. The van der Waals surface area contributed by atoms with Crippen molar-refractivity contribution in [2.45, 2.75) is 19.8 Å². The zero-order valence-corrected chi connectivity index (χ0v) is 9.10. The summed E-state index contributed by atoms with van der Waals surface area (Å²) >= 11 is 3.51. The fourth-order valence-electron chi connectivity index (χ4n) is 1.95. The molecule has 2 rings (SSSR count). The van der Waals surface area contributed by atoms with Crippen molar-refractivity contribution in [3.63, 3.8) is 0 Å². The van der Waals surface area contributed by atoms with Crippen molar-refractivity contribution in [1.29, 1.82) is 0 Å². The van der Waals surface area contributed by atoms with Crippen molar-refractivity contribution < 1.29 is 4.79 Å². The van der Waals surface area contributed by atoms with Crippen molar-refractivity contribution in [3.05, 3.63) is 33.8 Å². The molecule has 2 heteroatoms. The summed E-state index contributed by atoms with van der Waals surface area (Å²) in [5.41, 5.74) is 2.44. The van der Waals surface area contributed by atoms with Gasteiger partial charge in [0.05, 0.1) is 0 Å². The molecule has 0 aromatic heterocycles. The van der Waals surface area contributed by atoms with Crippen LogP contribution in [0.15, 0.2) is 22.7 Å². The van der Waals surface area contributed by atoms with E-state index >= 15 is 0 Å². The molecule has 0 heterocycles. The van der Waals surface area contributed by atoms with E-state index in [1.54, 1.807) is 0 Å². The Morgan fingerprint density at radius 2 is 2.23 bits per heavy atom. The van der Waals surface area contributed by atoms with Gasteiger partial charge in [0, 0.05) is 9.89 Å². The van der Waals surface area contributed by atoms with E-state index in [1.807, 2.05) is 19.1 Å². The second-order valence-corrected chi connectivity index (χ2v) is 4.86. The van der Waals surface area contributed by atoms with Gasteiger partial charge in [0.25, 0.3) is 0 Å². The molecule has 0 fully saturated rings. The van der Waals surface area contributed by atoms with Crippen molar-refractivity contribution in [1.82, 2.24) is 0 Å². The van der Waals surface area contributed by atoms with Crippen LogP contribution in [0.1, 0.15) is 18.1 Å². The highest BCUT2D eigenvalue weighted by Crippen LogP contribution is 2.38. The smallest absolute Gasteiger partial charge is 0.126 e. The van der Waals surface area contributed by atoms with Gasteiger partial charge in [-0.15, -0.1) is 0 Å². The second kappa shape index (κ2) is 2.95. The predicted molar refractivity (Wildman–Crippen MR) is 55.7 cm³/mol. The molecule has 13 heavy (non-hydrogen) atoms. The van der Waals surface area contributed by atoms with Crippen molar-refractivity contribution in [2.24, 2.45) is 5.41 Å². The Balaban J connectivity index is 2.46. The highest BCUT2D eigenvalue weighted by Gasteiger charge is 2.33. The molecule has 68 valence electrons. The van der Waals surface area contributed by atoms with Crippen LogP contribution in [0.5, 0.6) is 0 Å². The van der Waals surface area contributed by atoms with Gasteiger partial charge >= 0.3 is 0 Å². The zero-order valence-electron chi connectivity index (χ0n) is 7.51. The lowest BCUT2D eigenvalue weighted by Crippen LogP contribution is -2.17. The number of fused-ring (bicyclic) bond motifs is 1. The van der Waals surface area contributed by atoms with E-state index in [0.29, 0.717) is 0 Å². The van der Waals surface area contributed by atoms with Crippen molar-refractivity contribution >= 4 is 22.2 Å². The fourth-order valence-corrected chi connectivity index (χ4v) is 2.50. The molecule has 1 aromatic rings. The molecule has 1 aromatic carbocycles. The summed E-state index contributed by atoms with van der Waals surface area (Å²) in [6.07, 6.45) is 2.83. The van der Waals surface area contributed by atoms with E-state index in [4.69, 9.17) is 0 Å². The Morgan fingerprint density at radius 1 is 1.46 bits per heavy atom. The lowest BCUT2D eigenvalue weighted by atomic mass is 9.89. The summed E-state index contributed by atoms with van der Waals surface area (Å²) in [6.45, 7) is 2.02. The molecule has 0 spiro atoms. The van der Waals surface area contributed by atoms with Crippen molar-refractivity contribution in [2.75, 3.05) is 0 Å². The second-order valence-electron chi connectivity index (χ2n) is 4.00. The molecule has 0 bridgehead atoms. The number of benzene rings is 1. The molecule has 0 radical (unpaired) electrons. The Kier molecular flexibility index (Phi) is 2.03. The van der Waals surface area contributed by atoms with Gasteiger partial charge < -0.3 is 4.79 Å². The molecule has 1 aliphatic rings. The Bertz CT molecular complexity index is 359. The molecule has 0 saturated heterocycles. The lowest BCUT2D eigenvalue weighted by Gasteiger charge is -2.13. The summed E-state index contributed by atoms with van der Waals surface area (Å²) < 4.78 is 1.13. The van der Waals surface area contributed by atoms with Crippen LogP contribution in [-0.2, 0) is 17.6 Å². The van der Waals surface area contributed by atoms with E-state index < -0.39 is 0 Å². The van der Waals surface area contributed by atoms with Crippen LogP contribution in [0.25, 0.3) is 0 Å². The molecule has 1 atom stereocenters. The highest BCUT2D eigenvalue weighted by molar-refractivity contribution is 9.10. The molecular weight excluding hydrogens is 228 g/mol. The van der Waals surface area contributed by atoms with Crippen LogP contribution in [0.3, 0.4) is 0 Å². The molecule has 0 N–H and O–H groups in total. The van der Waals surface area contributed by atoms with Crippen LogP contribution in [-0.4, -0.2) is 6.29 Å². The minimum absolute atomic E-state index is 0.174. The maximum Gasteiger partial charge on any atom is 0.126 e. The monoisotopic (exact) mass is 238 g/mol. The Labute approximate surface area is 86.3 Å². The van der Waals surface area contributed by atoms with Crippen LogP contribution < -0.4 is 0 Å². The van der Waals surface area contributed by atoms with Crippen LogP contribution in [0.4, 0.5) is 0 Å². The molecular formula is C11H11BrO. The summed E-state index contributed by atoms with van der Waals surface area (Å²) in [4.78, 5) is 10.9. The molecule has 0 amide bonds. The molecule has 0 aliphatic heterocycles. The van der Waals surface area contributed by atoms with E-state index in [2.05, 4.69) is 22.0 Å². The van der Waals surface area contributed by atoms with Gasteiger partial charge in [-0.3, -0.25) is 0 Å². The van der Waals surface area contributed by atoms with Crippen LogP contribution >= 0.6 is 15.9 Å². The summed E-state index contributed by atoms with van der Waals surface area (Å²) in [5, 5.41) is 0. The van der Waals surface area contributed by atoms with Gasteiger partial charge in [-0.1, -0.05) is 35.0 Å². The number of carbonyl (C=O) groups is 1. The third-order valence-electron chi connectivity index (χ3n) is 2.68. The van der Waals surface area contributed by atoms with Crippen LogP contribution in [0, 0.1) is 5.41 Å². The summed E-state index contributed by atoms with van der Waals surface area (Å²) in [6, 6.07) is 6.17. The number of hydrogen-bond donors (Lipinski definition) is 0. The normalized spacial score (nSPS) is 25.7. The number of halogens is 1. The Hall–Kier alpha value is -0.630. The number of hydrogen-bond acceptors (Lipinski definition) is 1. The van der Waals surface area contributed by atoms with Gasteiger partial charge in [-0.25, -0.2) is 0 Å². The van der Waals surface area contributed by atoms with E-state index in [-0.39, 0.29) is 5.41 Å². The quantitative estimate of drug-likeness (QED) is 0.688. The third kappa shape index (κ3) is 1.44. The maximum atomic E-state index is 10.9. The minimum atomic E-state index is -0.174. The number of rotatable bonds is 1. The van der Waals surface area contributed by atoms with Gasteiger partial charge in [0.2, 0.25) is 0 Å². The maximum absolute atomic E-state index is 10.9. The summed E-state index contributed by atoms with van der Waals surface area (Å²) in [5.74, 6) is 0. The van der Waals surface area contributed by atoms with Gasteiger partial charge in [-0.2, -0.15) is 0 Å². The SMILES string of the molecule is CC1(C=O)Cc2cccc(Br)c2C1. The van der Waals surface area contributed by atoms with Gasteiger partial charge in [-0.05, 0) is 30.0 Å². The standard InChI is InChI=1S/C11H11BrO/c1-11(7-13)5-8-3-2-4-10(12)9(8)6-11/h2-4,7H,5-6H2,1H3. The average Bonchev–Trinajstić information content (AvgIpc) is 2.45. The molecule has 0 saturated carbocycles. The van der Waals surface area contributed by atoms with Gasteiger partial charge in [0.1, 0.15) is 6.29 Å². The zero-order chi connectivity index (χ0) is 9.47. The average molecular weight is 239 g/mol. The first kappa shape index (κ1) is 8.95. The third-order valence-corrected chi connectivity index (χ3v) is 3.42. The largest absolute Gasteiger partial charge is 0.303 e. The van der Waals surface area contributed by atoms with Crippen LogP contribution in [0.2, 0.25) is 0 Å². The fraction of sp³-hybridized carbons (Fsp3) is 0.364. The van der Waals surface area contributed by atoms with E-state index in [1.165, 1.54) is 11.1 Å². The Morgan fingerprint density at radius 3 is 2.85 bits per heavy atom. The first-order valence-electron chi connectivity index (χ1n) is 4.37. The first-order valence-corrected chi connectivity index (χ1v) is 5.16. The molecule has 1 nitrogen and oxygen atoms in total. The predicted octanol–water partition coefficient (Wildman–Crippen LogP) is 2.75. The lowest BCUT2D eigenvalue weighted by molar-refractivity contribution is -0.115. The van der Waals surface area contributed by atoms with E-state index in [9.17, 15) is 4.79 Å². The van der Waals surface area contributed by atoms with E-state index in [0.717, 1.165) is 23.6 Å². The topological polar surface area (TPSA) is 17.1 Å². The van der Waals surface area contributed by atoms with Gasteiger partial charge in [0.15, 0.2) is 0 Å². The minimum Gasteiger partial charge on any atom is -0.303 e. The molecule has 1 unspecified atom stereocenters. The highest BCUT2D eigenvalue weighted by atomic mass is 79.9. The number of carbonyl (C=O) groups excluding carboxylic acids is 1. The van der Waals surface area contributed by atoms with Crippen molar-refractivity contribution in [3.8, 4) is 0 Å². The number of aldehydes is 1.